The van der Waals surface area contributed by atoms with Crippen LogP contribution in [0.15, 0.2) is 47.1 Å². The Hall–Kier alpha value is -1.90. The standard InChI is InChI=1S/C12H14N2O/c1-14(9-12-6-3-7-15-12)11-5-2-4-10(13)8-11/h2-8H,9,13H2,1H3. The van der Waals surface area contributed by atoms with E-state index in [9.17, 15) is 0 Å². The predicted molar refractivity (Wildman–Crippen MR) is 61.7 cm³/mol. The number of nitrogen functional groups attached to an aromatic ring is 1. The van der Waals surface area contributed by atoms with Crippen molar-refractivity contribution in [1.82, 2.24) is 0 Å². The molecule has 0 aliphatic heterocycles. The zero-order chi connectivity index (χ0) is 10.7. The molecule has 15 heavy (non-hydrogen) atoms. The molecule has 1 aromatic heterocycles. The van der Waals surface area contributed by atoms with E-state index >= 15 is 0 Å². The summed E-state index contributed by atoms with van der Waals surface area (Å²) >= 11 is 0. The lowest BCUT2D eigenvalue weighted by Gasteiger charge is -2.18. The van der Waals surface area contributed by atoms with Crippen molar-refractivity contribution in [1.29, 1.82) is 0 Å². The number of anilines is 2. The van der Waals surface area contributed by atoms with E-state index in [1.165, 1.54) is 0 Å². The third-order valence-electron chi connectivity index (χ3n) is 2.28. The number of benzene rings is 1. The highest BCUT2D eigenvalue weighted by atomic mass is 16.3. The smallest absolute Gasteiger partial charge is 0.123 e. The SMILES string of the molecule is CN(Cc1ccco1)c1cccc(N)c1. The van der Waals surface area contributed by atoms with Gasteiger partial charge in [0.1, 0.15) is 5.76 Å². The maximum atomic E-state index is 5.72. The minimum absolute atomic E-state index is 0.746. The average Bonchev–Trinajstić information content (AvgIpc) is 2.70. The molecule has 3 nitrogen and oxygen atoms in total. The van der Waals surface area contributed by atoms with Gasteiger partial charge in [-0.05, 0) is 30.3 Å². The summed E-state index contributed by atoms with van der Waals surface area (Å²) in [5.41, 5.74) is 7.59. The van der Waals surface area contributed by atoms with E-state index < -0.39 is 0 Å². The Morgan fingerprint density at radius 3 is 2.80 bits per heavy atom. The van der Waals surface area contributed by atoms with E-state index in [-0.39, 0.29) is 0 Å². The van der Waals surface area contributed by atoms with E-state index in [1.54, 1.807) is 6.26 Å². The summed E-state index contributed by atoms with van der Waals surface area (Å²) in [4.78, 5) is 2.09. The van der Waals surface area contributed by atoms with Crippen molar-refractivity contribution >= 4 is 11.4 Å². The largest absolute Gasteiger partial charge is 0.467 e. The first-order chi connectivity index (χ1) is 7.25. The van der Waals surface area contributed by atoms with Crippen molar-refractivity contribution in [3.63, 3.8) is 0 Å². The Balaban J connectivity index is 2.11. The van der Waals surface area contributed by atoms with Gasteiger partial charge >= 0.3 is 0 Å². The fourth-order valence-electron chi connectivity index (χ4n) is 1.49. The van der Waals surface area contributed by atoms with Crippen molar-refractivity contribution in [3.8, 4) is 0 Å². The Morgan fingerprint density at radius 1 is 1.27 bits per heavy atom. The van der Waals surface area contributed by atoms with Crippen LogP contribution >= 0.6 is 0 Å². The third-order valence-corrected chi connectivity index (χ3v) is 2.28. The molecule has 1 heterocycles. The second-order valence-electron chi connectivity index (χ2n) is 3.53. The molecule has 0 fully saturated rings. The van der Waals surface area contributed by atoms with Crippen LogP contribution in [0.2, 0.25) is 0 Å². The minimum atomic E-state index is 0.746. The van der Waals surface area contributed by atoms with Crippen molar-refractivity contribution in [2.24, 2.45) is 0 Å². The average molecular weight is 202 g/mol. The van der Waals surface area contributed by atoms with Gasteiger partial charge in [0.15, 0.2) is 0 Å². The number of hydrogen-bond donors (Lipinski definition) is 1. The summed E-state index contributed by atoms with van der Waals surface area (Å²) in [7, 11) is 2.01. The van der Waals surface area contributed by atoms with Crippen LogP contribution in [0.1, 0.15) is 5.76 Å². The molecule has 0 atom stereocenters. The normalized spacial score (nSPS) is 10.2. The fraction of sp³-hybridized carbons (Fsp3) is 0.167. The van der Waals surface area contributed by atoms with E-state index in [1.807, 2.05) is 43.4 Å². The van der Waals surface area contributed by atoms with Crippen LogP contribution < -0.4 is 10.6 Å². The van der Waals surface area contributed by atoms with Crippen molar-refractivity contribution in [3.05, 3.63) is 48.4 Å². The highest BCUT2D eigenvalue weighted by molar-refractivity contribution is 5.55. The molecular weight excluding hydrogens is 188 g/mol. The summed E-state index contributed by atoms with van der Waals surface area (Å²) in [6.07, 6.45) is 1.68. The number of hydrogen-bond acceptors (Lipinski definition) is 3. The van der Waals surface area contributed by atoms with Gasteiger partial charge in [0.2, 0.25) is 0 Å². The van der Waals surface area contributed by atoms with E-state index in [4.69, 9.17) is 10.2 Å². The molecule has 0 aliphatic rings. The molecule has 2 rings (SSSR count). The summed E-state index contributed by atoms with van der Waals surface area (Å²) in [6.45, 7) is 0.746. The molecule has 0 spiro atoms. The Labute approximate surface area is 89.1 Å². The van der Waals surface area contributed by atoms with Crippen molar-refractivity contribution in [2.45, 2.75) is 6.54 Å². The molecule has 0 amide bonds. The Morgan fingerprint density at radius 2 is 2.13 bits per heavy atom. The molecule has 0 bridgehead atoms. The molecule has 78 valence electrons. The van der Waals surface area contributed by atoms with Crippen molar-refractivity contribution < 1.29 is 4.42 Å². The minimum Gasteiger partial charge on any atom is -0.467 e. The van der Waals surface area contributed by atoms with Gasteiger partial charge in [-0.25, -0.2) is 0 Å². The maximum absolute atomic E-state index is 5.72. The monoisotopic (exact) mass is 202 g/mol. The van der Waals surface area contributed by atoms with Crippen LogP contribution in [0.4, 0.5) is 11.4 Å². The van der Waals surface area contributed by atoms with Crippen LogP contribution in [0.3, 0.4) is 0 Å². The lowest BCUT2D eigenvalue weighted by molar-refractivity contribution is 0.507. The van der Waals surface area contributed by atoms with Gasteiger partial charge in [0.05, 0.1) is 12.8 Å². The first-order valence-electron chi connectivity index (χ1n) is 4.85. The van der Waals surface area contributed by atoms with Crippen LogP contribution in [0, 0.1) is 0 Å². The first-order valence-corrected chi connectivity index (χ1v) is 4.85. The second kappa shape index (κ2) is 4.09. The molecule has 0 aliphatic carbocycles. The Bertz CT molecular complexity index is 423. The topological polar surface area (TPSA) is 42.4 Å². The highest BCUT2D eigenvalue weighted by Gasteiger charge is 2.03. The first kappa shape index (κ1) is 9.65. The van der Waals surface area contributed by atoms with E-state index in [0.29, 0.717) is 0 Å². The highest BCUT2D eigenvalue weighted by Crippen LogP contribution is 2.18. The zero-order valence-electron chi connectivity index (χ0n) is 8.68. The number of nitrogens with two attached hydrogens (primary N) is 1. The third kappa shape index (κ3) is 2.31. The van der Waals surface area contributed by atoms with Gasteiger partial charge in [-0.15, -0.1) is 0 Å². The number of furan rings is 1. The molecule has 2 N–H and O–H groups in total. The lowest BCUT2D eigenvalue weighted by Crippen LogP contribution is -2.15. The van der Waals surface area contributed by atoms with Crippen LogP contribution in [-0.2, 0) is 6.54 Å². The van der Waals surface area contributed by atoms with Crippen LogP contribution in [0.25, 0.3) is 0 Å². The van der Waals surface area contributed by atoms with Gasteiger partial charge < -0.3 is 15.1 Å². The molecule has 0 saturated carbocycles. The summed E-state index contributed by atoms with van der Waals surface area (Å²) in [6, 6.07) is 11.7. The van der Waals surface area contributed by atoms with Gasteiger partial charge in [-0.1, -0.05) is 6.07 Å². The molecule has 0 radical (unpaired) electrons. The van der Waals surface area contributed by atoms with Gasteiger partial charge in [-0.3, -0.25) is 0 Å². The predicted octanol–water partition coefficient (Wildman–Crippen LogP) is 2.50. The van der Waals surface area contributed by atoms with Gasteiger partial charge in [0, 0.05) is 18.4 Å². The summed E-state index contributed by atoms with van der Waals surface area (Å²) < 4.78 is 5.28. The molecule has 0 unspecified atom stereocenters. The number of nitrogens with zero attached hydrogens (tertiary/aromatic N) is 1. The number of rotatable bonds is 3. The zero-order valence-corrected chi connectivity index (χ0v) is 8.68. The Kier molecular flexibility index (Phi) is 2.63. The molecule has 2 aromatic rings. The molecule has 0 saturated heterocycles. The quantitative estimate of drug-likeness (QED) is 0.777. The second-order valence-corrected chi connectivity index (χ2v) is 3.53. The van der Waals surface area contributed by atoms with Crippen LogP contribution in [0.5, 0.6) is 0 Å². The maximum Gasteiger partial charge on any atom is 0.123 e. The van der Waals surface area contributed by atoms with Crippen LogP contribution in [-0.4, -0.2) is 7.05 Å². The lowest BCUT2D eigenvalue weighted by atomic mass is 10.2. The van der Waals surface area contributed by atoms with E-state index in [2.05, 4.69) is 4.90 Å². The fourth-order valence-corrected chi connectivity index (χ4v) is 1.49. The molecular formula is C12H14N2O. The molecule has 3 heteroatoms. The summed E-state index contributed by atoms with van der Waals surface area (Å²) in [5.74, 6) is 0.944. The molecule has 1 aromatic carbocycles. The summed E-state index contributed by atoms with van der Waals surface area (Å²) in [5, 5.41) is 0. The van der Waals surface area contributed by atoms with Gasteiger partial charge in [0.25, 0.3) is 0 Å². The van der Waals surface area contributed by atoms with Crippen molar-refractivity contribution in [2.75, 3.05) is 17.7 Å². The van der Waals surface area contributed by atoms with E-state index in [0.717, 1.165) is 23.7 Å². The van der Waals surface area contributed by atoms with Gasteiger partial charge in [-0.2, -0.15) is 0 Å².